The van der Waals surface area contributed by atoms with Crippen LogP contribution in [0.1, 0.15) is 17.7 Å². The third kappa shape index (κ3) is 5.67. The molecule has 5 rings (SSSR count). The van der Waals surface area contributed by atoms with Gasteiger partial charge >= 0.3 is 0 Å². The fraction of sp³-hybridized carbons (Fsp3) is 0.100. The van der Waals surface area contributed by atoms with Gasteiger partial charge in [0.1, 0.15) is 0 Å². The van der Waals surface area contributed by atoms with Gasteiger partial charge in [-0.1, -0.05) is 90.1 Å². The Balaban J connectivity index is 1.18. The number of nitrogens with one attached hydrogen (secondary N) is 1. The lowest BCUT2D eigenvalue weighted by atomic mass is 10.0. The molecule has 0 saturated heterocycles. The summed E-state index contributed by atoms with van der Waals surface area (Å²) in [4.78, 5) is 12.6. The predicted octanol–water partition coefficient (Wildman–Crippen LogP) is 5.81. The number of benzene rings is 4. The molecule has 0 aliphatic rings. The van der Waals surface area contributed by atoms with Crippen molar-refractivity contribution in [2.45, 2.75) is 19.4 Å². The molecule has 6 heteroatoms. The van der Waals surface area contributed by atoms with E-state index < -0.39 is 0 Å². The van der Waals surface area contributed by atoms with Crippen molar-refractivity contribution in [2.24, 2.45) is 0 Å². The van der Waals surface area contributed by atoms with Gasteiger partial charge in [-0.25, -0.2) is 4.68 Å². The summed E-state index contributed by atoms with van der Waals surface area (Å²) < 4.78 is 1.80. The standard InChI is InChI=1S/C30H27N5O/c31-28-16-14-26(24-11-5-2-6-12-24)19-29(28)32-30(36)17-15-27-21-35(34-33-27)20-22-8-7-13-25(18-22)23-9-3-1-4-10-23/h1-14,16,18-19,21H,15,17,20,31H2,(H,32,36). The minimum absolute atomic E-state index is 0.114. The van der Waals surface area contributed by atoms with Crippen molar-refractivity contribution in [1.29, 1.82) is 0 Å². The SMILES string of the molecule is Nc1ccc(-c2ccccc2)cc1NC(=O)CCc1cn(Cc2cccc(-c3ccccc3)c2)nn1. The molecule has 1 heterocycles. The average molecular weight is 474 g/mol. The van der Waals surface area contributed by atoms with Crippen LogP contribution in [-0.4, -0.2) is 20.9 Å². The first-order chi connectivity index (χ1) is 17.6. The molecule has 0 fully saturated rings. The summed E-state index contributed by atoms with van der Waals surface area (Å²) in [6.45, 7) is 0.614. The summed E-state index contributed by atoms with van der Waals surface area (Å²) in [5.41, 5.74) is 13.6. The molecule has 4 aromatic carbocycles. The van der Waals surface area contributed by atoms with E-state index in [9.17, 15) is 4.79 Å². The van der Waals surface area contributed by atoms with E-state index in [1.165, 1.54) is 11.1 Å². The van der Waals surface area contributed by atoms with Crippen LogP contribution in [0.4, 0.5) is 11.4 Å². The largest absolute Gasteiger partial charge is 0.397 e. The lowest BCUT2D eigenvalue weighted by Crippen LogP contribution is -2.13. The van der Waals surface area contributed by atoms with E-state index in [1.54, 1.807) is 4.68 Å². The van der Waals surface area contributed by atoms with Crippen LogP contribution in [0.3, 0.4) is 0 Å². The Morgan fingerprint density at radius 3 is 2.17 bits per heavy atom. The monoisotopic (exact) mass is 473 g/mol. The molecule has 36 heavy (non-hydrogen) atoms. The molecule has 6 nitrogen and oxygen atoms in total. The van der Waals surface area contributed by atoms with Gasteiger partial charge in [0.05, 0.1) is 23.6 Å². The molecule has 3 N–H and O–H groups in total. The highest BCUT2D eigenvalue weighted by atomic mass is 16.1. The molecule has 0 bridgehead atoms. The molecular formula is C30H27N5O. The van der Waals surface area contributed by atoms with Crippen LogP contribution in [0.5, 0.6) is 0 Å². The van der Waals surface area contributed by atoms with E-state index in [4.69, 9.17) is 5.73 Å². The molecule has 0 radical (unpaired) electrons. The van der Waals surface area contributed by atoms with Crippen molar-refractivity contribution in [3.63, 3.8) is 0 Å². The van der Waals surface area contributed by atoms with Gasteiger partial charge in [0.15, 0.2) is 0 Å². The Hall–Kier alpha value is -4.71. The molecule has 1 aromatic heterocycles. The summed E-state index contributed by atoms with van der Waals surface area (Å²) in [5.74, 6) is -0.114. The minimum Gasteiger partial charge on any atom is -0.397 e. The van der Waals surface area contributed by atoms with Crippen LogP contribution in [0.25, 0.3) is 22.3 Å². The molecule has 0 saturated carbocycles. The zero-order valence-electron chi connectivity index (χ0n) is 19.8. The van der Waals surface area contributed by atoms with Crippen molar-refractivity contribution in [3.8, 4) is 22.3 Å². The van der Waals surface area contributed by atoms with Gasteiger partial charge in [0, 0.05) is 19.0 Å². The second-order valence-corrected chi connectivity index (χ2v) is 8.69. The van der Waals surface area contributed by atoms with Crippen molar-refractivity contribution in [3.05, 3.63) is 121 Å². The molecule has 178 valence electrons. The molecule has 5 aromatic rings. The summed E-state index contributed by atoms with van der Waals surface area (Å²) >= 11 is 0. The number of anilines is 2. The zero-order chi connectivity index (χ0) is 24.7. The van der Waals surface area contributed by atoms with Crippen LogP contribution in [0.15, 0.2) is 109 Å². The second-order valence-electron chi connectivity index (χ2n) is 8.69. The number of hydrogen-bond donors (Lipinski definition) is 2. The Labute approximate surface area is 210 Å². The molecule has 0 spiro atoms. The molecule has 0 aliphatic heterocycles. The van der Waals surface area contributed by atoms with E-state index in [1.807, 2.05) is 72.9 Å². The van der Waals surface area contributed by atoms with Crippen LogP contribution in [0, 0.1) is 0 Å². The Kier molecular flexibility index (Phi) is 6.85. The first-order valence-electron chi connectivity index (χ1n) is 11.9. The molecule has 1 amide bonds. The Bertz CT molecular complexity index is 1460. The Morgan fingerprint density at radius 2 is 1.44 bits per heavy atom. The fourth-order valence-corrected chi connectivity index (χ4v) is 4.13. The fourth-order valence-electron chi connectivity index (χ4n) is 4.13. The number of aryl methyl sites for hydroxylation is 1. The smallest absolute Gasteiger partial charge is 0.224 e. The second kappa shape index (κ2) is 10.7. The summed E-state index contributed by atoms with van der Waals surface area (Å²) in [7, 11) is 0. The number of aromatic nitrogens is 3. The van der Waals surface area contributed by atoms with Crippen molar-refractivity contribution in [1.82, 2.24) is 15.0 Å². The average Bonchev–Trinajstić information content (AvgIpc) is 3.37. The van der Waals surface area contributed by atoms with Crippen molar-refractivity contribution >= 4 is 17.3 Å². The van der Waals surface area contributed by atoms with E-state index in [2.05, 4.69) is 52.0 Å². The van der Waals surface area contributed by atoms with Crippen molar-refractivity contribution in [2.75, 3.05) is 11.1 Å². The van der Waals surface area contributed by atoms with Crippen molar-refractivity contribution < 1.29 is 4.79 Å². The maximum Gasteiger partial charge on any atom is 0.224 e. The number of nitrogens with two attached hydrogens (primary N) is 1. The maximum absolute atomic E-state index is 12.6. The van der Waals surface area contributed by atoms with E-state index in [0.29, 0.717) is 24.3 Å². The highest BCUT2D eigenvalue weighted by Gasteiger charge is 2.10. The van der Waals surface area contributed by atoms with Gasteiger partial charge < -0.3 is 11.1 Å². The van der Waals surface area contributed by atoms with E-state index in [0.717, 1.165) is 22.4 Å². The molecule has 0 aliphatic carbocycles. The van der Waals surface area contributed by atoms with Crippen LogP contribution >= 0.6 is 0 Å². The maximum atomic E-state index is 12.6. The van der Waals surface area contributed by atoms with Gasteiger partial charge in [-0.05, 0) is 46.0 Å². The quantitative estimate of drug-likeness (QED) is 0.278. The number of carbonyl (C=O) groups excluding carboxylic acids is 1. The number of carbonyl (C=O) groups is 1. The lowest BCUT2D eigenvalue weighted by molar-refractivity contribution is -0.116. The third-order valence-corrected chi connectivity index (χ3v) is 6.01. The predicted molar refractivity (Wildman–Crippen MR) is 144 cm³/mol. The number of nitrogens with zero attached hydrogens (tertiary/aromatic N) is 3. The molecule has 0 unspecified atom stereocenters. The zero-order valence-corrected chi connectivity index (χ0v) is 19.8. The number of hydrogen-bond acceptors (Lipinski definition) is 4. The topological polar surface area (TPSA) is 85.8 Å². The number of rotatable bonds is 8. The van der Waals surface area contributed by atoms with E-state index in [-0.39, 0.29) is 12.3 Å². The van der Waals surface area contributed by atoms with Gasteiger partial charge in [-0.15, -0.1) is 5.10 Å². The summed E-state index contributed by atoms with van der Waals surface area (Å²) in [5, 5.41) is 11.4. The lowest BCUT2D eigenvalue weighted by Gasteiger charge is -2.10. The van der Waals surface area contributed by atoms with Crippen LogP contribution in [-0.2, 0) is 17.8 Å². The van der Waals surface area contributed by atoms with Gasteiger partial charge in [-0.2, -0.15) is 0 Å². The Morgan fingerprint density at radius 1 is 0.778 bits per heavy atom. The van der Waals surface area contributed by atoms with Gasteiger partial charge in [-0.3, -0.25) is 4.79 Å². The normalized spacial score (nSPS) is 10.8. The van der Waals surface area contributed by atoms with Gasteiger partial charge in [0.2, 0.25) is 5.91 Å². The highest BCUT2D eigenvalue weighted by Crippen LogP contribution is 2.27. The summed E-state index contributed by atoms with van der Waals surface area (Å²) in [6.07, 6.45) is 2.68. The highest BCUT2D eigenvalue weighted by molar-refractivity contribution is 5.95. The first-order valence-corrected chi connectivity index (χ1v) is 11.9. The van der Waals surface area contributed by atoms with Gasteiger partial charge in [0.25, 0.3) is 0 Å². The number of amides is 1. The summed E-state index contributed by atoms with van der Waals surface area (Å²) in [6, 6.07) is 34.4. The molecular weight excluding hydrogens is 446 g/mol. The third-order valence-electron chi connectivity index (χ3n) is 6.01. The molecule has 0 atom stereocenters. The first kappa shape index (κ1) is 23.1. The van der Waals surface area contributed by atoms with Crippen LogP contribution < -0.4 is 11.1 Å². The van der Waals surface area contributed by atoms with Crippen LogP contribution in [0.2, 0.25) is 0 Å². The minimum atomic E-state index is -0.114. The number of nitrogen functional groups attached to an aromatic ring is 1. The van der Waals surface area contributed by atoms with E-state index >= 15 is 0 Å².